The van der Waals surface area contributed by atoms with E-state index in [4.69, 9.17) is 16.2 Å². The maximum absolute atomic E-state index is 14.1. The number of hydrogen-bond donors (Lipinski definition) is 4. The van der Waals surface area contributed by atoms with Crippen molar-refractivity contribution in [1.82, 2.24) is 14.7 Å². The predicted octanol–water partition coefficient (Wildman–Crippen LogP) is 3.62. The van der Waals surface area contributed by atoms with Crippen LogP contribution in [0.1, 0.15) is 52.5 Å². The molecule has 0 fully saturated rings. The number of aromatic nitrogens is 2. The molecular weight excluding hydrogens is 492 g/mol. The third kappa shape index (κ3) is 5.12. The van der Waals surface area contributed by atoms with Crippen molar-refractivity contribution in [2.45, 2.75) is 32.4 Å². The molecule has 1 atom stereocenters. The third-order valence-corrected chi connectivity index (χ3v) is 6.50. The van der Waals surface area contributed by atoms with E-state index in [0.717, 1.165) is 22.4 Å². The Kier molecular flexibility index (Phi) is 6.90. The molecule has 0 radical (unpaired) electrons. The van der Waals surface area contributed by atoms with Crippen LogP contribution >= 0.6 is 11.5 Å². The highest BCUT2D eigenvalue weighted by Gasteiger charge is 2.38. The van der Waals surface area contributed by atoms with E-state index in [1.54, 1.807) is 30.5 Å². The second-order valence-electron chi connectivity index (χ2n) is 9.44. The zero-order valence-corrected chi connectivity index (χ0v) is 21.7. The number of rotatable bonds is 7. The number of hydrogen-bond acceptors (Lipinski definition) is 7. The molecule has 0 saturated heterocycles. The lowest BCUT2D eigenvalue weighted by atomic mass is 9.99. The van der Waals surface area contributed by atoms with Gasteiger partial charge in [0.05, 0.1) is 12.8 Å². The van der Waals surface area contributed by atoms with Crippen LogP contribution in [-0.2, 0) is 4.79 Å². The Morgan fingerprint density at radius 2 is 1.78 bits per heavy atom. The monoisotopic (exact) mass is 520 g/mol. The number of H-pyrrole nitrogens is 1. The molecule has 192 valence electrons. The van der Waals surface area contributed by atoms with Crippen molar-refractivity contribution in [2.75, 3.05) is 17.7 Å². The lowest BCUT2D eigenvalue weighted by Gasteiger charge is -2.33. The second kappa shape index (κ2) is 9.94. The molecule has 4 aromatic rings. The van der Waals surface area contributed by atoms with Gasteiger partial charge in [0.2, 0.25) is 5.91 Å². The van der Waals surface area contributed by atoms with E-state index in [1.807, 2.05) is 45.0 Å². The van der Waals surface area contributed by atoms with E-state index in [2.05, 4.69) is 14.7 Å². The number of carbonyl (C=O) groups is 3. The smallest absolute Gasteiger partial charge is 0.273 e. The van der Waals surface area contributed by atoms with Crippen LogP contribution in [0.15, 0.2) is 54.7 Å². The molecule has 0 aliphatic heterocycles. The van der Waals surface area contributed by atoms with Gasteiger partial charge in [-0.25, -0.2) is 0 Å². The third-order valence-electron chi connectivity index (χ3n) is 5.65. The van der Waals surface area contributed by atoms with Crippen LogP contribution in [0, 0.1) is 0 Å². The molecule has 2 aromatic carbocycles. The average Bonchev–Trinajstić information content (AvgIpc) is 3.44. The molecule has 2 aromatic heterocycles. The summed E-state index contributed by atoms with van der Waals surface area (Å²) in [6, 6.07) is 13.1. The van der Waals surface area contributed by atoms with Crippen molar-refractivity contribution >= 4 is 51.5 Å². The van der Waals surface area contributed by atoms with Crippen LogP contribution in [0.4, 0.5) is 11.4 Å². The van der Waals surface area contributed by atoms with Crippen LogP contribution in [-0.4, -0.2) is 39.7 Å². The number of methoxy groups -OCH3 is 1. The van der Waals surface area contributed by atoms with Crippen molar-refractivity contribution in [2.24, 2.45) is 5.73 Å². The number of aromatic amines is 1. The van der Waals surface area contributed by atoms with Gasteiger partial charge in [-0.1, -0.05) is 18.2 Å². The van der Waals surface area contributed by atoms with E-state index >= 15 is 0 Å². The molecule has 10 nitrogen and oxygen atoms in total. The summed E-state index contributed by atoms with van der Waals surface area (Å²) in [6.45, 7) is 5.57. The van der Waals surface area contributed by atoms with Crippen molar-refractivity contribution in [3.63, 3.8) is 0 Å². The normalized spacial score (nSPS) is 12.2. The minimum Gasteiger partial charge on any atom is -0.497 e. The highest BCUT2D eigenvalue weighted by molar-refractivity contribution is 7.09. The lowest BCUT2D eigenvalue weighted by molar-refractivity contribution is -0.123. The van der Waals surface area contributed by atoms with Crippen molar-refractivity contribution in [1.29, 1.82) is 0 Å². The summed E-state index contributed by atoms with van der Waals surface area (Å²) in [5.74, 6) is -1.28. The highest BCUT2D eigenvalue weighted by Crippen LogP contribution is 2.36. The fraction of sp³-hybridized carbons (Fsp3) is 0.231. The van der Waals surface area contributed by atoms with Gasteiger partial charge in [-0.3, -0.25) is 19.3 Å². The largest absolute Gasteiger partial charge is 0.497 e. The summed E-state index contributed by atoms with van der Waals surface area (Å²) in [6.07, 6.45) is 1.71. The Labute approximate surface area is 217 Å². The number of primary amides is 1. The SMILES string of the molecule is COc1ccc(N(C(=O)c2snc(C(N)=O)c2N)[C@@H](C(=O)NC(C)(C)C)c2c[nH]c3ccccc23)cc1. The predicted molar refractivity (Wildman–Crippen MR) is 144 cm³/mol. The van der Waals surface area contributed by atoms with Crippen molar-refractivity contribution in [3.05, 3.63) is 70.9 Å². The standard InChI is InChI=1S/C26H28N6O4S/c1-26(2,3)30-24(34)21(17-13-29-18-8-6-5-7-16(17)18)32(14-9-11-15(36-4)12-10-14)25(35)22-19(27)20(23(28)33)31-37-22/h5-13,21,29H,27H2,1-4H3,(H2,28,33)(H,30,34)/t21-/m1/s1. The molecule has 4 rings (SSSR count). The summed E-state index contributed by atoms with van der Waals surface area (Å²) in [5.41, 5.74) is 12.4. The first-order chi connectivity index (χ1) is 17.5. The quantitative estimate of drug-likeness (QED) is 0.292. The topological polar surface area (TPSA) is 156 Å². The van der Waals surface area contributed by atoms with Gasteiger partial charge >= 0.3 is 0 Å². The van der Waals surface area contributed by atoms with E-state index in [9.17, 15) is 14.4 Å². The molecule has 6 N–H and O–H groups in total. The molecule has 0 aliphatic rings. The van der Waals surface area contributed by atoms with Gasteiger partial charge in [0.15, 0.2) is 5.69 Å². The number of ether oxygens (including phenoxy) is 1. The number of nitrogens with one attached hydrogen (secondary N) is 2. The van der Waals surface area contributed by atoms with Gasteiger partial charge < -0.3 is 26.5 Å². The first-order valence-corrected chi connectivity index (χ1v) is 12.2. The summed E-state index contributed by atoms with van der Waals surface area (Å²) in [7, 11) is 1.53. The molecule has 11 heteroatoms. The van der Waals surface area contributed by atoms with Crippen LogP contribution in [0.2, 0.25) is 0 Å². The molecule has 0 bridgehead atoms. The van der Waals surface area contributed by atoms with E-state index in [1.165, 1.54) is 12.0 Å². The maximum Gasteiger partial charge on any atom is 0.273 e. The number of benzene rings is 2. The molecule has 2 heterocycles. The second-order valence-corrected chi connectivity index (χ2v) is 10.2. The number of para-hydroxylation sites is 1. The number of amides is 3. The molecule has 0 spiro atoms. The number of nitrogens with zero attached hydrogens (tertiary/aromatic N) is 2. The molecule has 3 amide bonds. The van der Waals surface area contributed by atoms with Gasteiger partial charge in [0.25, 0.3) is 11.8 Å². The van der Waals surface area contributed by atoms with Gasteiger partial charge in [-0.15, -0.1) is 0 Å². The van der Waals surface area contributed by atoms with Gasteiger partial charge in [0, 0.05) is 33.9 Å². The minimum atomic E-state index is -1.10. The molecule has 0 saturated carbocycles. The Bertz CT molecular complexity index is 1470. The number of fused-ring (bicyclic) bond motifs is 1. The summed E-state index contributed by atoms with van der Waals surface area (Å²) >= 11 is 0.755. The van der Waals surface area contributed by atoms with E-state index in [0.29, 0.717) is 17.0 Å². The number of nitrogen functional groups attached to an aromatic ring is 1. The molecule has 37 heavy (non-hydrogen) atoms. The maximum atomic E-state index is 14.1. The highest BCUT2D eigenvalue weighted by atomic mass is 32.1. The Balaban J connectivity index is 1.95. The Hall–Kier alpha value is -4.38. The number of nitrogens with two attached hydrogens (primary N) is 2. The first kappa shape index (κ1) is 25.7. The number of carbonyl (C=O) groups excluding carboxylic acids is 3. The average molecular weight is 521 g/mol. The Morgan fingerprint density at radius 1 is 1.11 bits per heavy atom. The first-order valence-electron chi connectivity index (χ1n) is 11.4. The summed E-state index contributed by atoms with van der Waals surface area (Å²) in [4.78, 5) is 44.4. The number of anilines is 2. The molecular formula is C26H28N6O4S. The zero-order chi connectivity index (χ0) is 26.9. The van der Waals surface area contributed by atoms with Crippen molar-refractivity contribution in [3.8, 4) is 5.75 Å². The fourth-order valence-electron chi connectivity index (χ4n) is 4.02. The Morgan fingerprint density at radius 3 is 2.38 bits per heavy atom. The van der Waals surface area contributed by atoms with Gasteiger partial charge in [-0.2, -0.15) is 4.37 Å². The molecule has 0 aliphatic carbocycles. The fourth-order valence-corrected chi connectivity index (χ4v) is 4.76. The minimum absolute atomic E-state index is 0.00184. The summed E-state index contributed by atoms with van der Waals surface area (Å²) < 4.78 is 9.26. The van der Waals surface area contributed by atoms with Crippen molar-refractivity contribution < 1.29 is 19.1 Å². The van der Waals surface area contributed by atoms with Crippen LogP contribution in [0.25, 0.3) is 10.9 Å². The van der Waals surface area contributed by atoms with Crippen LogP contribution in [0.3, 0.4) is 0 Å². The van der Waals surface area contributed by atoms with Crippen LogP contribution in [0.5, 0.6) is 5.75 Å². The summed E-state index contributed by atoms with van der Waals surface area (Å²) in [5, 5.41) is 3.78. The molecule has 0 unspecified atom stereocenters. The zero-order valence-electron chi connectivity index (χ0n) is 20.9. The van der Waals surface area contributed by atoms with E-state index < -0.39 is 29.3 Å². The van der Waals surface area contributed by atoms with Gasteiger partial charge in [0.1, 0.15) is 16.7 Å². The van der Waals surface area contributed by atoms with Crippen LogP contribution < -0.4 is 26.4 Å². The lowest BCUT2D eigenvalue weighted by Crippen LogP contribution is -2.49. The van der Waals surface area contributed by atoms with Gasteiger partial charge in [-0.05, 0) is 62.6 Å². The van der Waals surface area contributed by atoms with E-state index in [-0.39, 0.29) is 16.3 Å².